The number of hydrogen-bond donors (Lipinski definition) is 1. The molecule has 2 heterocycles. The van der Waals surface area contributed by atoms with Crippen LogP contribution in [0.25, 0.3) is 16.8 Å². The second-order valence-electron chi connectivity index (χ2n) is 7.22. The van der Waals surface area contributed by atoms with Gasteiger partial charge in [0.15, 0.2) is 0 Å². The van der Waals surface area contributed by atoms with Crippen LogP contribution in [0.3, 0.4) is 0 Å². The number of rotatable bonds is 4. The molecule has 10 heteroatoms. The molecular weight excluding hydrogens is 402 g/mol. The van der Waals surface area contributed by atoms with Gasteiger partial charge in [0.25, 0.3) is 5.91 Å². The lowest BCUT2D eigenvalue weighted by atomic mass is 10.0. The van der Waals surface area contributed by atoms with Crippen molar-refractivity contribution in [2.24, 2.45) is 5.92 Å². The minimum atomic E-state index is -4.56. The number of aryl methyl sites for hydroxylation is 1. The molecule has 6 nitrogen and oxygen atoms in total. The van der Waals surface area contributed by atoms with E-state index in [0.717, 1.165) is 10.6 Å². The molecule has 1 amide bonds. The second kappa shape index (κ2) is 7.09. The summed E-state index contributed by atoms with van der Waals surface area (Å²) in [6.45, 7) is 1.71. The maximum atomic E-state index is 13.5. The maximum absolute atomic E-state index is 13.5. The zero-order chi connectivity index (χ0) is 21.6. The van der Waals surface area contributed by atoms with Gasteiger partial charge in [-0.15, -0.1) is 0 Å². The van der Waals surface area contributed by atoms with Crippen LogP contribution in [0.2, 0.25) is 0 Å². The fourth-order valence-electron chi connectivity index (χ4n) is 3.35. The summed E-state index contributed by atoms with van der Waals surface area (Å²) >= 11 is 0. The quantitative estimate of drug-likeness (QED) is 0.655. The number of imidazole rings is 1. The molecule has 2 aromatic heterocycles. The molecule has 0 unspecified atom stereocenters. The van der Waals surface area contributed by atoms with E-state index in [-0.39, 0.29) is 17.1 Å². The highest BCUT2D eigenvalue weighted by Gasteiger charge is 2.50. The highest BCUT2D eigenvalue weighted by Crippen LogP contribution is 2.40. The van der Waals surface area contributed by atoms with Gasteiger partial charge in [0.1, 0.15) is 11.9 Å². The minimum Gasteiger partial charge on any atom is -0.337 e. The highest BCUT2D eigenvalue weighted by molar-refractivity contribution is 5.92. The predicted molar refractivity (Wildman–Crippen MR) is 97.9 cm³/mol. The first-order valence-electron chi connectivity index (χ1n) is 9.12. The molecule has 0 saturated heterocycles. The fourth-order valence-corrected chi connectivity index (χ4v) is 3.35. The number of halogens is 4. The van der Waals surface area contributed by atoms with E-state index in [9.17, 15) is 27.6 Å². The standard InChI is InChI=1S/C20H15F4N5O/c1-10-6-15(14-5-4-13(21)7-12(14)8-25)28-29-16(10)9-26-18(29)19(30)27-17(11-2-3-11)20(22,23)24/h4-7,9,11,17H,2-3H2,1H3,(H,27,30)/t17-/m0/s1. The third kappa shape index (κ3) is 3.58. The Hall–Kier alpha value is -3.48. The Labute approximate surface area is 168 Å². The van der Waals surface area contributed by atoms with Crippen LogP contribution in [0, 0.1) is 30.0 Å². The minimum absolute atomic E-state index is 0.0400. The second-order valence-corrected chi connectivity index (χ2v) is 7.22. The monoisotopic (exact) mass is 417 g/mol. The van der Waals surface area contributed by atoms with E-state index in [2.05, 4.69) is 10.1 Å². The lowest BCUT2D eigenvalue weighted by Gasteiger charge is -2.20. The Balaban J connectivity index is 1.76. The molecule has 1 N–H and O–H groups in total. The van der Waals surface area contributed by atoms with Crippen LogP contribution in [-0.2, 0) is 0 Å². The number of nitrogens with one attached hydrogen (secondary N) is 1. The van der Waals surface area contributed by atoms with Crippen LogP contribution in [0.1, 0.15) is 34.6 Å². The van der Waals surface area contributed by atoms with Crippen molar-refractivity contribution in [3.05, 3.63) is 53.2 Å². The number of hydrogen-bond acceptors (Lipinski definition) is 4. The third-order valence-corrected chi connectivity index (χ3v) is 5.02. The zero-order valence-electron chi connectivity index (χ0n) is 15.7. The molecule has 1 aromatic carbocycles. The molecule has 1 atom stereocenters. The molecule has 0 aliphatic heterocycles. The van der Waals surface area contributed by atoms with Crippen LogP contribution in [0.5, 0.6) is 0 Å². The average Bonchev–Trinajstić information content (AvgIpc) is 3.42. The summed E-state index contributed by atoms with van der Waals surface area (Å²) in [5.41, 5.74) is 1.69. The SMILES string of the molecule is Cc1cc(-c2ccc(F)cc2C#N)nn2c(C(=O)N[C@@H](C3CC3)C(F)(F)F)ncc12. The number of carbonyl (C=O) groups excluding carboxylic acids is 1. The van der Waals surface area contributed by atoms with Gasteiger partial charge >= 0.3 is 6.18 Å². The van der Waals surface area contributed by atoms with E-state index in [1.807, 2.05) is 11.4 Å². The lowest BCUT2D eigenvalue weighted by Crippen LogP contribution is -2.47. The van der Waals surface area contributed by atoms with Gasteiger partial charge in [0.05, 0.1) is 29.0 Å². The van der Waals surface area contributed by atoms with E-state index in [4.69, 9.17) is 0 Å². The van der Waals surface area contributed by atoms with Gasteiger partial charge in [-0.25, -0.2) is 13.9 Å². The third-order valence-electron chi connectivity index (χ3n) is 5.02. The first kappa shape index (κ1) is 19.8. The zero-order valence-corrected chi connectivity index (χ0v) is 15.7. The summed E-state index contributed by atoms with van der Waals surface area (Å²) in [5, 5.41) is 15.6. The van der Waals surface area contributed by atoms with E-state index in [1.165, 1.54) is 18.3 Å². The Bertz CT molecular complexity index is 1190. The smallest absolute Gasteiger partial charge is 0.337 e. The van der Waals surface area contributed by atoms with E-state index >= 15 is 0 Å². The van der Waals surface area contributed by atoms with Crippen LogP contribution in [0.4, 0.5) is 17.6 Å². The van der Waals surface area contributed by atoms with Crippen molar-refractivity contribution in [3.8, 4) is 17.3 Å². The molecule has 1 aliphatic carbocycles. The maximum Gasteiger partial charge on any atom is 0.408 e. The normalized spacial score (nSPS) is 15.1. The van der Waals surface area contributed by atoms with Crippen molar-refractivity contribution < 1.29 is 22.4 Å². The predicted octanol–water partition coefficient (Wildman–Crippen LogP) is 3.79. The molecule has 4 rings (SSSR count). The summed E-state index contributed by atoms with van der Waals surface area (Å²) in [5.74, 6) is -2.52. The van der Waals surface area contributed by atoms with Crippen LogP contribution < -0.4 is 5.32 Å². The largest absolute Gasteiger partial charge is 0.408 e. The van der Waals surface area contributed by atoms with Crippen molar-refractivity contribution in [3.63, 3.8) is 0 Å². The van der Waals surface area contributed by atoms with Gasteiger partial charge in [-0.1, -0.05) is 0 Å². The van der Waals surface area contributed by atoms with E-state index in [0.29, 0.717) is 29.5 Å². The van der Waals surface area contributed by atoms with E-state index < -0.39 is 29.9 Å². The number of fused-ring (bicyclic) bond motifs is 1. The first-order chi connectivity index (χ1) is 14.2. The van der Waals surface area contributed by atoms with Crippen LogP contribution in [0.15, 0.2) is 30.5 Å². The number of aromatic nitrogens is 3. The van der Waals surface area contributed by atoms with Crippen molar-refractivity contribution in [1.29, 1.82) is 5.26 Å². The Morgan fingerprint density at radius 2 is 2.07 bits per heavy atom. The lowest BCUT2D eigenvalue weighted by molar-refractivity contribution is -0.158. The summed E-state index contributed by atoms with van der Waals surface area (Å²) in [6.07, 6.45) is -2.42. The first-order valence-corrected chi connectivity index (χ1v) is 9.12. The van der Waals surface area contributed by atoms with Gasteiger partial charge < -0.3 is 5.32 Å². The molecule has 154 valence electrons. The van der Waals surface area contributed by atoms with Crippen molar-refractivity contribution in [2.45, 2.75) is 32.0 Å². The summed E-state index contributed by atoms with van der Waals surface area (Å²) in [7, 11) is 0. The number of amides is 1. The number of nitriles is 1. The van der Waals surface area contributed by atoms with Gasteiger partial charge in [-0.2, -0.15) is 23.5 Å². The fraction of sp³-hybridized carbons (Fsp3) is 0.300. The molecule has 30 heavy (non-hydrogen) atoms. The van der Waals surface area contributed by atoms with Crippen molar-refractivity contribution >= 4 is 11.4 Å². The summed E-state index contributed by atoms with van der Waals surface area (Å²) in [6, 6.07) is 5.19. The number of benzene rings is 1. The molecule has 3 aromatic rings. The number of alkyl halides is 3. The average molecular weight is 417 g/mol. The highest BCUT2D eigenvalue weighted by atomic mass is 19.4. The molecule has 0 radical (unpaired) electrons. The van der Waals surface area contributed by atoms with Gasteiger partial charge in [-0.05, 0) is 55.5 Å². The van der Waals surface area contributed by atoms with Gasteiger partial charge in [0.2, 0.25) is 5.82 Å². The van der Waals surface area contributed by atoms with Gasteiger partial charge in [0, 0.05) is 5.56 Å². The Morgan fingerprint density at radius 3 is 2.70 bits per heavy atom. The van der Waals surface area contributed by atoms with Crippen molar-refractivity contribution in [1.82, 2.24) is 19.9 Å². The van der Waals surface area contributed by atoms with Gasteiger partial charge in [-0.3, -0.25) is 4.79 Å². The molecule has 0 spiro atoms. The van der Waals surface area contributed by atoms with Crippen LogP contribution in [-0.4, -0.2) is 32.7 Å². The molecule has 0 bridgehead atoms. The number of nitrogens with zero attached hydrogens (tertiary/aromatic N) is 4. The van der Waals surface area contributed by atoms with Crippen molar-refractivity contribution in [2.75, 3.05) is 0 Å². The molecule has 1 saturated carbocycles. The Kier molecular flexibility index (Phi) is 4.68. The molecular formula is C20H15F4N5O. The molecule has 1 aliphatic rings. The van der Waals surface area contributed by atoms with E-state index in [1.54, 1.807) is 13.0 Å². The Morgan fingerprint density at radius 1 is 1.33 bits per heavy atom. The topological polar surface area (TPSA) is 83.1 Å². The molecule has 1 fully saturated rings. The summed E-state index contributed by atoms with van der Waals surface area (Å²) < 4.78 is 54.4. The summed E-state index contributed by atoms with van der Waals surface area (Å²) in [4.78, 5) is 16.6. The van der Waals surface area contributed by atoms with Crippen LogP contribution >= 0.6 is 0 Å². The number of carbonyl (C=O) groups is 1.